The average Bonchev–Trinajstić information content (AvgIpc) is 2.61. The average molecular weight is 331 g/mol. The molecule has 0 spiro atoms. The number of hydrogen-bond acceptors (Lipinski definition) is 3. The van der Waals surface area contributed by atoms with E-state index in [1.54, 1.807) is 0 Å². The van der Waals surface area contributed by atoms with Crippen LogP contribution in [0.25, 0.3) is 0 Å². The second kappa shape index (κ2) is 10.1. The third kappa shape index (κ3) is 6.32. The molecule has 0 aliphatic carbocycles. The molecular formula is C19H29N3O2. The Bertz CT molecular complexity index is 513. The van der Waals surface area contributed by atoms with Gasteiger partial charge in [-0.2, -0.15) is 0 Å². The molecule has 1 heterocycles. The number of hydrogen-bond donors (Lipinski definition) is 3. The van der Waals surface area contributed by atoms with Gasteiger partial charge in [0.25, 0.3) is 0 Å². The molecule has 2 amide bonds. The third-order valence-electron chi connectivity index (χ3n) is 4.40. The fourth-order valence-corrected chi connectivity index (χ4v) is 3.05. The van der Waals surface area contributed by atoms with E-state index >= 15 is 0 Å². The number of carbonyl (C=O) groups excluding carboxylic acids is 2. The Labute approximate surface area is 144 Å². The van der Waals surface area contributed by atoms with Gasteiger partial charge in [-0.05, 0) is 43.8 Å². The lowest BCUT2D eigenvalue weighted by atomic mass is 9.99. The summed E-state index contributed by atoms with van der Waals surface area (Å²) in [6, 6.07) is 9.15. The van der Waals surface area contributed by atoms with Crippen molar-refractivity contribution in [2.24, 2.45) is 5.92 Å². The number of nitrogens with one attached hydrogen (secondary N) is 3. The topological polar surface area (TPSA) is 70.2 Å². The second-order valence-corrected chi connectivity index (χ2v) is 6.53. The standard InChI is InChI=1S/C19H29N3O2/c1-2-7-17(19(24)21-14-16-10-6-11-20-13-16)22-18(23)12-15-8-4-3-5-9-15/h3-5,8-9,16-17,20H,2,6-7,10-14H2,1H3,(H,21,24)(H,22,23). The van der Waals surface area contributed by atoms with Crippen LogP contribution in [0.1, 0.15) is 38.2 Å². The van der Waals surface area contributed by atoms with Crippen molar-refractivity contribution in [2.45, 2.75) is 45.1 Å². The number of carbonyl (C=O) groups is 2. The van der Waals surface area contributed by atoms with Gasteiger partial charge in [0.05, 0.1) is 6.42 Å². The van der Waals surface area contributed by atoms with Crippen LogP contribution in [0.3, 0.4) is 0 Å². The van der Waals surface area contributed by atoms with Gasteiger partial charge < -0.3 is 16.0 Å². The van der Waals surface area contributed by atoms with E-state index in [1.807, 2.05) is 37.3 Å². The Morgan fingerprint density at radius 1 is 1.29 bits per heavy atom. The Morgan fingerprint density at radius 2 is 2.08 bits per heavy atom. The largest absolute Gasteiger partial charge is 0.354 e. The third-order valence-corrected chi connectivity index (χ3v) is 4.40. The molecule has 1 aliphatic heterocycles. The molecule has 1 fully saturated rings. The van der Waals surface area contributed by atoms with Gasteiger partial charge in [-0.25, -0.2) is 0 Å². The summed E-state index contributed by atoms with van der Waals surface area (Å²) in [4.78, 5) is 24.6. The van der Waals surface area contributed by atoms with Crippen molar-refractivity contribution in [2.75, 3.05) is 19.6 Å². The molecule has 2 atom stereocenters. The van der Waals surface area contributed by atoms with E-state index < -0.39 is 6.04 Å². The molecule has 1 aliphatic rings. The molecule has 0 bridgehead atoms. The summed E-state index contributed by atoms with van der Waals surface area (Å²) in [6.07, 6.45) is 4.13. The molecule has 2 rings (SSSR count). The van der Waals surface area contributed by atoms with Crippen LogP contribution in [0.15, 0.2) is 30.3 Å². The van der Waals surface area contributed by atoms with Crippen molar-refractivity contribution >= 4 is 11.8 Å². The molecule has 5 heteroatoms. The highest BCUT2D eigenvalue weighted by Gasteiger charge is 2.21. The smallest absolute Gasteiger partial charge is 0.242 e. The number of rotatable bonds is 8. The van der Waals surface area contributed by atoms with Gasteiger partial charge in [0.1, 0.15) is 6.04 Å². The molecule has 0 saturated carbocycles. The fraction of sp³-hybridized carbons (Fsp3) is 0.579. The van der Waals surface area contributed by atoms with Gasteiger partial charge >= 0.3 is 0 Å². The molecule has 24 heavy (non-hydrogen) atoms. The normalized spacial score (nSPS) is 18.6. The van der Waals surface area contributed by atoms with Crippen LogP contribution in [0.2, 0.25) is 0 Å². The molecule has 5 nitrogen and oxygen atoms in total. The molecule has 132 valence electrons. The molecule has 1 aromatic carbocycles. The first-order chi connectivity index (χ1) is 11.7. The van der Waals surface area contributed by atoms with E-state index in [0.29, 0.717) is 25.3 Å². The lowest BCUT2D eigenvalue weighted by molar-refractivity contribution is -0.129. The summed E-state index contributed by atoms with van der Waals surface area (Å²) >= 11 is 0. The summed E-state index contributed by atoms with van der Waals surface area (Å²) in [6.45, 7) is 4.73. The fourth-order valence-electron chi connectivity index (χ4n) is 3.05. The lowest BCUT2D eigenvalue weighted by Gasteiger charge is -2.24. The van der Waals surface area contributed by atoms with Gasteiger partial charge in [-0.1, -0.05) is 43.7 Å². The molecule has 1 saturated heterocycles. The van der Waals surface area contributed by atoms with E-state index in [1.165, 1.54) is 0 Å². The molecular weight excluding hydrogens is 302 g/mol. The van der Waals surface area contributed by atoms with Crippen LogP contribution in [-0.4, -0.2) is 37.5 Å². The summed E-state index contributed by atoms with van der Waals surface area (Å²) in [5.74, 6) is 0.322. The monoisotopic (exact) mass is 331 g/mol. The Kier molecular flexibility index (Phi) is 7.75. The van der Waals surface area contributed by atoms with Gasteiger partial charge in [-0.3, -0.25) is 9.59 Å². The zero-order chi connectivity index (χ0) is 17.2. The quantitative estimate of drug-likeness (QED) is 0.678. The molecule has 1 aromatic rings. The van der Waals surface area contributed by atoms with E-state index in [4.69, 9.17) is 0 Å². The highest BCUT2D eigenvalue weighted by molar-refractivity contribution is 5.88. The van der Waals surface area contributed by atoms with Gasteiger partial charge in [0, 0.05) is 6.54 Å². The highest BCUT2D eigenvalue weighted by Crippen LogP contribution is 2.08. The van der Waals surface area contributed by atoms with Crippen LogP contribution in [-0.2, 0) is 16.0 Å². The molecule has 0 aromatic heterocycles. The number of piperidine rings is 1. The predicted molar refractivity (Wildman–Crippen MR) is 95.6 cm³/mol. The zero-order valence-electron chi connectivity index (χ0n) is 14.5. The summed E-state index contributed by atoms with van der Waals surface area (Å²) in [7, 11) is 0. The summed E-state index contributed by atoms with van der Waals surface area (Å²) < 4.78 is 0. The summed E-state index contributed by atoms with van der Waals surface area (Å²) in [5.41, 5.74) is 0.957. The predicted octanol–water partition coefficient (Wildman–Crippen LogP) is 1.63. The second-order valence-electron chi connectivity index (χ2n) is 6.53. The van der Waals surface area contributed by atoms with Crippen molar-refractivity contribution < 1.29 is 9.59 Å². The van der Waals surface area contributed by atoms with Crippen molar-refractivity contribution in [3.63, 3.8) is 0 Å². The summed E-state index contributed by atoms with van der Waals surface area (Å²) in [5, 5.41) is 9.25. The van der Waals surface area contributed by atoms with Gasteiger partial charge in [0.2, 0.25) is 11.8 Å². The molecule has 3 N–H and O–H groups in total. The minimum atomic E-state index is -0.442. The van der Waals surface area contributed by atoms with E-state index in [0.717, 1.165) is 37.9 Å². The minimum Gasteiger partial charge on any atom is -0.354 e. The lowest BCUT2D eigenvalue weighted by Crippen LogP contribution is -2.49. The van der Waals surface area contributed by atoms with E-state index in [2.05, 4.69) is 16.0 Å². The van der Waals surface area contributed by atoms with Crippen LogP contribution < -0.4 is 16.0 Å². The van der Waals surface area contributed by atoms with Crippen molar-refractivity contribution in [1.29, 1.82) is 0 Å². The van der Waals surface area contributed by atoms with Crippen molar-refractivity contribution in [1.82, 2.24) is 16.0 Å². The minimum absolute atomic E-state index is 0.0659. The van der Waals surface area contributed by atoms with Crippen LogP contribution in [0.4, 0.5) is 0 Å². The Hall–Kier alpha value is -1.88. The first kappa shape index (κ1) is 18.5. The van der Waals surface area contributed by atoms with Crippen LogP contribution in [0, 0.1) is 5.92 Å². The zero-order valence-corrected chi connectivity index (χ0v) is 14.5. The van der Waals surface area contributed by atoms with Gasteiger partial charge in [0.15, 0.2) is 0 Å². The number of benzene rings is 1. The molecule has 2 unspecified atom stereocenters. The Morgan fingerprint density at radius 3 is 2.75 bits per heavy atom. The molecule has 0 radical (unpaired) electrons. The van der Waals surface area contributed by atoms with E-state index in [9.17, 15) is 9.59 Å². The van der Waals surface area contributed by atoms with Crippen molar-refractivity contribution in [3.05, 3.63) is 35.9 Å². The Balaban J connectivity index is 1.80. The SMILES string of the molecule is CCCC(NC(=O)Cc1ccccc1)C(=O)NCC1CCCNC1. The first-order valence-corrected chi connectivity index (χ1v) is 9.00. The van der Waals surface area contributed by atoms with Crippen LogP contribution in [0.5, 0.6) is 0 Å². The maximum Gasteiger partial charge on any atom is 0.242 e. The number of amides is 2. The maximum atomic E-state index is 12.4. The highest BCUT2D eigenvalue weighted by atomic mass is 16.2. The van der Waals surface area contributed by atoms with Crippen LogP contribution >= 0.6 is 0 Å². The van der Waals surface area contributed by atoms with Crippen molar-refractivity contribution in [3.8, 4) is 0 Å². The van der Waals surface area contributed by atoms with Gasteiger partial charge in [-0.15, -0.1) is 0 Å². The van der Waals surface area contributed by atoms with E-state index in [-0.39, 0.29) is 11.8 Å². The maximum absolute atomic E-state index is 12.4. The first-order valence-electron chi connectivity index (χ1n) is 9.00.